The first-order chi connectivity index (χ1) is 8.22. The van der Waals surface area contributed by atoms with Gasteiger partial charge >= 0.3 is 0 Å². The van der Waals surface area contributed by atoms with Crippen LogP contribution in [0.3, 0.4) is 0 Å². The monoisotopic (exact) mass is 302 g/mol. The van der Waals surface area contributed by atoms with Crippen LogP contribution in [-0.4, -0.2) is 31.1 Å². The summed E-state index contributed by atoms with van der Waals surface area (Å²) in [4.78, 5) is 2.50. The molecular weight excluding hydrogens is 279 g/mol. The molecule has 1 aromatic rings. The normalized spacial score (nSPS) is 16.9. The molecule has 1 fully saturated rings. The second-order valence-corrected chi connectivity index (χ2v) is 4.83. The number of benzene rings is 1. The summed E-state index contributed by atoms with van der Waals surface area (Å²) < 4.78 is 0. The zero-order valence-electron chi connectivity index (χ0n) is 11.7. The Bertz CT molecular complexity index is 401. The van der Waals surface area contributed by atoms with E-state index in [4.69, 9.17) is 0 Å². The Morgan fingerprint density at radius 1 is 1.21 bits per heavy atom. The molecule has 2 nitrogen and oxygen atoms in total. The number of nitrogens with zero attached hydrogens (tertiary/aromatic N) is 1. The van der Waals surface area contributed by atoms with Crippen LogP contribution >= 0.6 is 24.8 Å². The summed E-state index contributed by atoms with van der Waals surface area (Å²) in [5.74, 6) is 0. The molecule has 1 atom stereocenters. The second-order valence-electron chi connectivity index (χ2n) is 4.83. The van der Waals surface area contributed by atoms with Crippen molar-refractivity contribution in [3.63, 3.8) is 0 Å². The maximum atomic E-state index is 4.01. The Hall–Kier alpha value is -0.540. The summed E-state index contributed by atoms with van der Waals surface area (Å²) in [5, 5.41) is 3.39. The maximum absolute atomic E-state index is 4.01. The number of hydrogen-bond donors (Lipinski definition) is 1. The average Bonchev–Trinajstić information content (AvgIpc) is 2.34. The molecule has 1 aromatic carbocycles. The SMILES string of the molecule is C=C[C@H](c1ccc(C)cc1C)N1CCNCC1.Cl.Cl. The minimum absolute atomic E-state index is 0. The summed E-state index contributed by atoms with van der Waals surface area (Å²) in [7, 11) is 0. The predicted octanol–water partition coefficient (Wildman–Crippen LogP) is 3.28. The van der Waals surface area contributed by atoms with Gasteiger partial charge in [0.15, 0.2) is 0 Å². The largest absolute Gasteiger partial charge is 0.314 e. The van der Waals surface area contributed by atoms with Crippen LogP contribution in [-0.2, 0) is 0 Å². The third-order valence-corrected chi connectivity index (χ3v) is 3.51. The molecule has 1 aliphatic rings. The van der Waals surface area contributed by atoms with E-state index in [0.29, 0.717) is 6.04 Å². The predicted molar refractivity (Wildman–Crippen MR) is 87.8 cm³/mol. The van der Waals surface area contributed by atoms with Gasteiger partial charge in [-0.2, -0.15) is 0 Å². The van der Waals surface area contributed by atoms with Gasteiger partial charge in [-0.25, -0.2) is 0 Å². The van der Waals surface area contributed by atoms with E-state index >= 15 is 0 Å². The lowest BCUT2D eigenvalue weighted by atomic mass is 9.97. The highest BCUT2D eigenvalue weighted by Gasteiger charge is 2.20. The molecule has 4 heteroatoms. The second kappa shape index (κ2) is 8.60. The lowest BCUT2D eigenvalue weighted by molar-refractivity contribution is 0.203. The number of halogens is 2. The number of nitrogens with one attached hydrogen (secondary N) is 1. The van der Waals surface area contributed by atoms with E-state index in [9.17, 15) is 0 Å². The van der Waals surface area contributed by atoms with E-state index < -0.39 is 0 Å². The molecule has 1 N–H and O–H groups in total. The van der Waals surface area contributed by atoms with Crippen LogP contribution in [0.1, 0.15) is 22.7 Å². The number of hydrogen-bond acceptors (Lipinski definition) is 2. The molecule has 0 saturated carbocycles. The van der Waals surface area contributed by atoms with Crippen molar-refractivity contribution in [2.45, 2.75) is 19.9 Å². The molecule has 2 rings (SSSR count). The minimum atomic E-state index is 0. The van der Waals surface area contributed by atoms with Gasteiger partial charge in [-0.3, -0.25) is 4.90 Å². The lowest BCUT2D eigenvalue weighted by Crippen LogP contribution is -2.44. The Kier molecular flexibility index (Phi) is 8.35. The van der Waals surface area contributed by atoms with E-state index in [2.05, 4.69) is 54.9 Å². The Morgan fingerprint density at radius 3 is 2.37 bits per heavy atom. The minimum Gasteiger partial charge on any atom is -0.314 e. The van der Waals surface area contributed by atoms with Crippen molar-refractivity contribution in [2.75, 3.05) is 26.2 Å². The molecule has 1 aliphatic heterocycles. The van der Waals surface area contributed by atoms with E-state index in [0.717, 1.165) is 26.2 Å². The summed E-state index contributed by atoms with van der Waals surface area (Å²) in [5.41, 5.74) is 4.09. The first-order valence-electron chi connectivity index (χ1n) is 6.37. The number of piperazine rings is 1. The summed E-state index contributed by atoms with van der Waals surface area (Å²) in [6.45, 7) is 12.7. The standard InChI is InChI=1S/C15H22N2.2ClH/c1-4-15(17-9-7-16-8-10-17)14-6-5-12(2)11-13(14)3;;/h4-6,11,15-16H,1,7-10H2,2-3H3;2*1H/t15-;;/m1../s1. The van der Waals surface area contributed by atoms with Crippen molar-refractivity contribution >= 4 is 24.8 Å². The third kappa shape index (κ3) is 4.50. The molecule has 0 aromatic heterocycles. The van der Waals surface area contributed by atoms with E-state index in [-0.39, 0.29) is 24.8 Å². The third-order valence-electron chi connectivity index (χ3n) is 3.51. The Labute approximate surface area is 129 Å². The highest BCUT2D eigenvalue weighted by atomic mass is 35.5. The fourth-order valence-corrected chi connectivity index (χ4v) is 2.59. The van der Waals surface area contributed by atoms with Crippen LogP contribution in [0.2, 0.25) is 0 Å². The van der Waals surface area contributed by atoms with Gasteiger partial charge < -0.3 is 5.32 Å². The van der Waals surface area contributed by atoms with Gasteiger partial charge in [0.2, 0.25) is 0 Å². The Balaban J connectivity index is 0.00000162. The van der Waals surface area contributed by atoms with Crippen molar-refractivity contribution in [1.82, 2.24) is 10.2 Å². The van der Waals surface area contributed by atoms with Crippen LogP contribution in [0.15, 0.2) is 30.9 Å². The molecule has 1 heterocycles. The molecule has 0 spiro atoms. The van der Waals surface area contributed by atoms with Crippen LogP contribution in [0.5, 0.6) is 0 Å². The van der Waals surface area contributed by atoms with Crippen LogP contribution < -0.4 is 5.32 Å². The van der Waals surface area contributed by atoms with Crippen molar-refractivity contribution in [3.05, 3.63) is 47.5 Å². The molecule has 0 bridgehead atoms. The van der Waals surface area contributed by atoms with Gasteiger partial charge in [0.05, 0.1) is 6.04 Å². The van der Waals surface area contributed by atoms with Gasteiger partial charge in [0.25, 0.3) is 0 Å². The first kappa shape index (κ1) is 18.5. The fourth-order valence-electron chi connectivity index (χ4n) is 2.59. The highest BCUT2D eigenvalue weighted by molar-refractivity contribution is 5.85. The maximum Gasteiger partial charge on any atom is 0.0532 e. The van der Waals surface area contributed by atoms with Crippen molar-refractivity contribution in [1.29, 1.82) is 0 Å². The molecule has 0 radical (unpaired) electrons. The van der Waals surface area contributed by atoms with Crippen LogP contribution in [0.4, 0.5) is 0 Å². The molecule has 0 aliphatic carbocycles. The quantitative estimate of drug-likeness (QED) is 0.862. The van der Waals surface area contributed by atoms with Crippen LogP contribution in [0.25, 0.3) is 0 Å². The fraction of sp³-hybridized carbons (Fsp3) is 0.467. The smallest absolute Gasteiger partial charge is 0.0532 e. The van der Waals surface area contributed by atoms with Gasteiger partial charge in [0, 0.05) is 26.2 Å². The number of rotatable bonds is 3. The first-order valence-corrected chi connectivity index (χ1v) is 6.37. The van der Waals surface area contributed by atoms with E-state index in [1.807, 2.05) is 0 Å². The van der Waals surface area contributed by atoms with E-state index in [1.165, 1.54) is 16.7 Å². The molecule has 0 amide bonds. The Morgan fingerprint density at radius 2 is 1.84 bits per heavy atom. The van der Waals surface area contributed by atoms with Gasteiger partial charge in [-0.15, -0.1) is 31.4 Å². The summed E-state index contributed by atoms with van der Waals surface area (Å²) >= 11 is 0. The van der Waals surface area contributed by atoms with Gasteiger partial charge in [-0.05, 0) is 25.0 Å². The van der Waals surface area contributed by atoms with Gasteiger partial charge in [-0.1, -0.05) is 29.8 Å². The summed E-state index contributed by atoms with van der Waals surface area (Å²) in [6, 6.07) is 7.06. The van der Waals surface area contributed by atoms with Crippen molar-refractivity contribution in [2.24, 2.45) is 0 Å². The van der Waals surface area contributed by atoms with Gasteiger partial charge in [0.1, 0.15) is 0 Å². The van der Waals surface area contributed by atoms with Crippen molar-refractivity contribution < 1.29 is 0 Å². The average molecular weight is 303 g/mol. The zero-order chi connectivity index (χ0) is 12.3. The topological polar surface area (TPSA) is 15.3 Å². The zero-order valence-corrected chi connectivity index (χ0v) is 13.3. The summed E-state index contributed by atoms with van der Waals surface area (Å²) in [6.07, 6.45) is 2.07. The van der Waals surface area contributed by atoms with E-state index in [1.54, 1.807) is 0 Å². The molecular formula is C15H24Cl2N2. The highest BCUT2D eigenvalue weighted by Crippen LogP contribution is 2.25. The van der Waals surface area contributed by atoms with Crippen LogP contribution in [0, 0.1) is 13.8 Å². The molecule has 108 valence electrons. The molecule has 19 heavy (non-hydrogen) atoms. The number of aryl methyl sites for hydroxylation is 2. The molecule has 0 unspecified atom stereocenters. The molecule has 1 saturated heterocycles. The lowest BCUT2D eigenvalue weighted by Gasteiger charge is -2.34. The van der Waals surface area contributed by atoms with Crippen molar-refractivity contribution in [3.8, 4) is 0 Å².